The Kier molecular flexibility index (Phi) is 5.44. The first-order valence-electron chi connectivity index (χ1n) is 6.89. The lowest BCUT2D eigenvalue weighted by Gasteiger charge is -2.17. The van der Waals surface area contributed by atoms with Gasteiger partial charge in [-0.3, -0.25) is 9.78 Å². The second kappa shape index (κ2) is 7.31. The van der Waals surface area contributed by atoms with E-state index < -0.39 is 13.0 Å². The minimum absolute atomic E-state index is 0.00636. The highest BCUT2D eigenvalue weighted by molar-refractivity contribution is 5.92. The van der Waals surface area contributed by atoms with Crippen molar-refractivity contribution in [1.29, 1.82) is 0 Å². The van der Waals surface area contributed by atoms with Crippen LogP contribution in [0.4, 0.5) is 8.78 Å². The molecule has 7 heteroatoms. The number of aromatic nitrogens is 1. The number of nitrogens with one attached hydrogen (secondary N) is 1. The molecule has 1 aliphatic carbocycles. The van der Waals surface area contributed by atoms with Crippen molar-refractivity contribution < 1.29 is 23.4 Å². The lowest BCUT2D eigenvalue weighted by molar-refractivity contribution is 0.0816. The number of hydrogen-bond donors (Lipinski definition) is 2. The third kappa shape index (κ3) is 4.93. The molecule has 0 aromatic carbocycles. The zero-order chi connectivity index (χ0) is 15.2. The zero-order valence-electron chi connectivity index (χ0n) is 11.5. The highest BCUT2D eigenvalue weighted by Gasteiger charge is 2.32. The van der Waals surface area contributed by atoms with E-state index in [1.165, 1.54) is 18.3 Å². The van der Waals surface area contributed by atoms with Crippen LogP contribution < -0.4 is 10.1 Å². The lowest BCUT2D eigenvalue weighted by atomic mass is 10.1. The van der Waals surface area contributed by atoms with Crippen molar-refractivity contribution in [2.24, 2.45) is 5.92 Å². The number of aliphatic hydroxyl groups excluding tert-OH is 1. The highest BCUT2D eigenvalue weighted by atomic mass is 19.3. The first kappa shape index (κ1) is 15.6. The van der Waals surface area contributed by atoms with Crippen LogP contribution in [-0.4, -0.2) is 41.7 Å². The van der Waals surface area contributed by atoms with Crippen LogP contribution in [0.2, 0.25) is 0 Å². The summed E-state index contributed by atoms with van der Waals surface area (Å²) in [5.41, 5.74) is 0.116. The molecule has 0 aliphatic heterocycles. The Balaban J connectivity index is 1.96. The maximum Gasteiger partial charge on any atom is 0.272 e. The van der Waals surface area contributed by atoms with Gasteiger partial charge in [-0.15, -0.1) is 0 Å². The van der Waals surface area contributed by atoms with E-state index in [1.54, 1.807) is 0 Å². The van der Waals surface area contributed by atoms with Crippen LogP contribution in [-0.2, 0) is 0 Å². The monoisotopic (exact) mass is 300 g/mol. The molecule has 1 aromatic rings. The van der Waals surface area contributed by atoms with Crippen LogP contribution in [0.25, 0.3) is 0 Å². The number of aliphatic hydroxyl groups is 1. The Hall–Kier alpha value is -1.76. The van der Waals surface area contributed by atoms with Gasteiger partial charge in [0.25, 0.3) is 12.3 Å². The number of nitrogens with zero attached hydrogens (tertiary/aromatic N) is 1. The maximum atomic E-state index is 12.1. The molecular weight excluding hydrogens is 282 g/mol. The average molecular weight is 300 g/mol. The number of alkyl halides is 2. The van der Waals surface area contributed by atoms with E-state index >= 15 is 0 Å². The number of hydrogen-bond acceptors (Lipinski definition) is 4. The summed E-state index contributed by atoms with van der Waals surface area (Å²) in [5.74, 6) is 0.197. The van der Waals surface area contributed by atoms with Crippen molar-refractivity contribution in [3.8, 4) is 5.75 Å². The summed E-state index contributed by atoms with van der Waals surface area (Å²) in [7, 11) is 0. The Morgan fingerprint density at radius 1 is 1.52 bits per heavy atom. The van der Waals surface area contributed by atoms with E-state index in [9.17, 15) is 13.6 Å². The molecule has 0 radical (unpaired) electrons. The topological polar surface area (TPSA) is 71.5 Å². The van der Waals surface area contributed by atoms with Gasteiger partial charge in [-0.25, -0.2) is 8.78 Å². The molecule has 1 heterocycles. The number of pyridine rings is 1. The van der Waals surface area contributed by atoms with E-state index in [0.29, 0.717) is 12.3 Å². The number of carbonyl (C=O) groups is 1. The molecule has 2 N–H and O–H groups in total. The Morgan fingerprint density at radius 2 is 2.29 bits per heavy atom. The second-order valence-electron chi connectivity index (χ2n) is 5.01. The molecule has 1 atom stereocenters. The molecule has 1 aliphatic rings. The van der Waals surface area contributed by atoms with Crippen LogP contribution in [0.5, 0.6) is 5.75 Å². The van der Waals surface area contributed by atoms with Crippen LogP contribution in [0.1, 0.15) is 29.8 Å². The van der Waals surface area contributed by atoms with Crippen molar-refractivity contribution in [3.63, 3.8) is 0 Å². The summed E-state index contributed by atoms with van der Waals surface area (Å²) in [6, 6.07) is 2.68. The fourth-order valence-electron chi connectivity index (χ4n) is 2.09. The Bertz CT molecular complexity index is 481. The van der Waals surface area contributed by atoms with Gasteiger partial charge in [0.1, 0.15) is 18.1 Å². The summed E-state index contributed by atoms with van der Waals surface area (Å²) in [5, 5.41) is 11.8. The smallest absolute Gasteiger partial charge is 0.272 e. The summed E-state index contributed by atoms with van der Waals surface area (Å²) in [4.78, 5) is 16.0. The van der Waals surface area contributed by atoms with E-state index in [0.717, 1.165) is 12.8 Å². The van der Waals surface area contributed by atoms with Crippen molar-refractivity contribution in [2.75, 3.05) is 13.2 Å². The Morgan fingerprint density at radius 3 is 2.90 bits per heavy atom. The van der Waals surface area contributed by atoms with Gasteiger partial charge in [0.2, 0.25) is 0 Å². The van der Waals surface area contributed by atoms with Crippen LogP contribution in [0.3, 0.4) is 0 Å². The second-order valence-corrected chi connectivity index (χ2v) is 5.01. The molecule has 1 fully saturated rings. The number of ether oxygens (including phenoxy) is 1. The van der Waals surface area contributed by atoms with Crippen molar-refractivity contribution in [3.05, 3.63) is 24.0 Å². The standard InChI is InChI=1S/C14H18F2N2O3/c15-13(16)8-21-10-3-5-17-12(7-10)14(20)18-11(4-6-19)9-1-2-9/h3,5,7,9,11,13,19H,1-2,4,6,8H2,(H,18,20). The van der Waals surface area contributed by atoms with Gasteiger partial charge in [-0.05, 0) is 31.2 Å². The molecule has 5 nitrogen and oxygen atoms in total. The molecule has 21 heavy (non-hydrogen) atoms. The summed E-state index contributed by atoms with van der Waals surface area (Å²) < 4.78 is 29.0. The third-order valence-corrected chi connectivity index (χ3v) is 3.29. The average Bonchev–Trinajstić information content (AvgIpc) is 3.29. The van der Waals surface area contributed by atoms with Crippen LogP contribution >= 0.6 is 0 Å². The van der Waals surface area contributed by atoms with Crippen molar-refractivity contribution in [1.82, 2.24) is 10.3 Å². The van der Waals surface area contributed by atoms with Crippen molar-refractivity contribution in [2.45, 2.75) is 31.7 Å². The fraction of sp³-hybridized carbons (Fsp3) is 0.571. The first-order valence-corrected chi connectivity index (χ1v) is 6.89. The quantitative estimate of drug-likeness (QED) is 0.765. The van der Waals surface area contributed by atoms with Crippen LogP contribution in [0.15, 0.2) is 18.3 Å². The molecule has 0 saturated heterocycles. The predicted molar refractivity (Wildman–Crippen MR) is 71.4 cm³/mol. The molecule has 1 aromatic heterocycles. The van der Waals surface area contributed by atoms with Gasteiger partial charge in [0.05, 0.1) is 0 Å². The molecule has 2 rings (SSSR count). The van der Waals surface area contributed by atoms with Gasteiger partial charge in [0, 0.05) is 24.9 Å². The van der Waals surface area contributed by atoms with E-state index in [4.69, 9.17) is 9.84 Å². The number of halogens is 2. The van der Waals surface area contributed by atoms with Gasteiger partial charge in [-0.2, -0.15) is 0 Å². The minimum Gasteiger partial charge on any atom is -0.488 e. The molecule has 1 unspecified atom stereocenters. The van der Waals surface area contributed by atoms with Gasteiger partial charge in [0.15, 0.2) is 0 Å². The van der Waals surface area contributed by atoms with E-state index in [1.807, 2.05) is 0 Å². The Labute approximate surface area is 121 Å². The number of rotatable bonds is 8. The largest absolute Gasteiger partial charge is 0.488 e. The fourth-order valence-corrected chi connectivity index (χ4v) is 2.09. The molecule has 0 bridgehead atoms. The number of amides is 1. The lowest BCUT2D eigenvalue weighted by Crippen LogP contribution is -2.37. The normalized spacial score (nSPS) is 15.8. The highest BCUT2D eigenvalue weighted by Crippen LogP contribution is 2.34. The minimum atomic E-state index is -2.57. The summed E-state index contributed by atoms with van der Waals surface area (Å²) >= 11 is 0. The molecule has 1 saturated carbocycles. The van der Waals surface area contributed by atoms with Crippen LogP contribution in [0, 0.1) is 5.92 Å². The first-order chi connectivity index (χ1) is 10.1. The van der Waals surface area contributed by atoms with Gasteiger partial charge in [-0.1, -0.05) is 0 Å². The molecule has 116 valence electrons. The van der Waals surface area contributed by atoms with Crippen molar-refractivity contribution >= 4 is 5.91 Å². The summed E-state index contributed by atoms with van der Waals surface area (Å²) in [6.45, 7) is -0.716. The van der Waals surface area contributed by atoms with Gasteiger partial charge < -0.3 is 15.2 Å². The summed E-state index contributed by atoms with van der Waals surface area (Å²) in [6.07, 6.45) is 1.34. The molecule has 0 spiro atoms. The van der Waals surface area contributed by atoms with E-state index in [2.05, 4.69) is 10.3 Å². The third-order valence-electron chi connectivity index (χ3n) is 3.29. The predicted octanol–water partition coefficient (Wildman–Crippen LogP) is 1.62. The molecular formula is C14H18F2N2O3. The van der Waals surface area contributed by atoms with E-state index in [-0.39, 0.29) is 30.0 Å². The molecule has 1 amide bonds. The zero-order valence-corrected chi connectivity index (χ0v) is 11.5. The number of carbonyl (C=O) groups excluding carboxylic acids is 1. The van der Waals surface area contributed by atoms with Gasteiger partial charge >= 0.3 is 0 Å². The maximum absolute atomic E-state index is 12.1. The SMILES string of the molecule is O=C(NC(CCO)C1CC1)c1cc(OCC(F)F)ccn1.